The molecule has 0 saturated carbocycles. The topological polar surface area (TPSA) is 82.7 Å². The Labute approximate surface area is 181 Å². The first-order valence-corrected chi connectivity index (χ1v) is 10.5. The van der Waals surface area contributed by atoms with Crippen molar-refractivity contribution in [2.75, 3.05) is 30.3 Å². The van der Waals surface area contributed by atoms with E-state index in [0.717, 1.165) is 18.7 Å². The van der Waals surface area contributed by atoms with E-state index in [4.69, 9.17) is 16.3 Å². The number of carbonyl (C=O) groups is 2. The van der Waals surface area contributed by atoms with Gasteiger partial charge in [-0.05, 0) is 49.8 Å². The van der Waals surface area contributed by atoms with E-state index in [1.54, 1.807) is 25.1 Å². The van der Waals surface area contributed by atoms with Crippen LogP contribution in [-0.2, 0) is 4.79 Å². The second-order valence-corrected chi connectivity index (χ2v) is 7.46. The Bertz CT molecular complexity index is 917. The van der Waals surface area contributed by atoms with E-state index in [9.17, 15) is 9.59 Å². The number of nitrogens with one attached hydrogen (secondary N) is 3. The van der Waals surface area contributed by atoms with E-state index >= 15 is 0 Å². The van der Waals surface area contributed by atoms with Gasteiger partial charge in [-0.1, -0.05) is 43.6 Å². The molecule has 2 atom stereocenters. The van der Waals surface area contributed by atoms with Gasteiger partial charge in [0.2, 0.25) is 0 Å². The Hall–Kier alpha value is -2.77. The number of likely N-dealkylation sites (N-methyl/N-ethyl adjacent to an activating group) is 1. The largest absolute Gasteiger partial charge is 0.479 e. The number of urea groups is 1. The van der Waals surface area contributed by atoms with Crippen LogP contribution in [0.5, 0.6) is 5.75 Å². The van der Waals surface area contributed by atoms with E-state index in [-0.39, 0.29) is 18.0 Å². The normalized spacial score (nSPS) is 16.3. The molecule has 1 aliphatic rings. The van der Waals surface area contributed by atoms with Gasteiger partial charge in [0, 0.05) is 17.3 Å². The van der Waals surface area contributed by atoms with Gasteiger partial charge in [-0.15, -0.1) is 0 Å². The van der Waals surface area contributed by atoms with E-state index in [2.05, 4.69) is 34.7 Å². The molecule has 30 heavy (non-hydrogen) atoms. The van der Waals surface area contributed by atoms with Crippen LogP contribution < -0.4 is 20.7 Å². The fourth-order valence-corrected chi connectivity index (χ4v) is 3.76. The summed E-state index contributed by atoms with van der Waals surface area (Å²) >= 11 is 6.41. The van der Waals surface area contributed by atoms with Gasteiger partial charge in [0.25, 0.3) is 5.91 Å². The highest BCUT2D eigenvalue weighted by atomic mass is 35.5. The van der Waals surface area contributed by atoms with Crippen molar-refractivity contribution in [1.29, 1.82) is 0 Å². The monoisotopic (exact) mass is 430 g/mol. The Morgan fingerprint density at radius 3 is 2.67 bits per heavy atom. The van der Waals surface area contributed by atoms with E-state index in [0.29, 0.717) is 28.7 Å². The van der Waals surface area contributed by atoms with Gasteiger partial charge < -0.3 is 20.7 Å². The molecule has 0 saturated heterocycles. The van der Waals surface area contributed by atoms with Crippen molar-refractivity contribution in [3.63, 3.8) is 0 Å². The SMILES string of the molecule is CCN(CC)[C@@H](CNC(=O)Nc1ccc2c(c1)NC(=O)[C@H](C)O2)c1ccccc1Cl. The third-order valence-corrected chi connectivity index (χ3v) is 5.49. The zero-order valence-corrected chi connectivity index (χ0v) is 18.1. The molecule has 0 radical (unpaired) electrons. The van der Waals surface area contributed by atoms with Crippen LogP contribution in [0.1, 0.15) is 32.4 Å². The molecular weight excluding hydrogens is 404 g/mol. The predicted molar refractivity (Wildman–Crippen MR) is 119 cm³/mol. The summed E-state index contributed by atoms with van der Waals surface area (Å²) in [6.45, 7) is 7.91. The molecular formula is C22H27ClN4O3. The Morgan fingerprint density at radius 2 is 1.97 bits per heavy atom. The van der Waals surface area contributed by atoms with Gasteiger partial charge in [0.05, 0.1) is 11.7 Å². The lowest BCUT2D eigenvalue weighted by Gasteiger charge is -2.31. The molecule has 2 aromatic carbocycles. The van der Waals surface area contributed by atoms with Crippen molar-refractivity contribution in [1.82, 2.24) is 10.2 Å². The summed E-state index contributed by atoms with van der Waals surface area (Å²) in [5.41, 5.74) is 2.07. The summed E-state index contributed by atoms with van der Waals surface area (Å²) in [5.74, 6) is 0.360. The molecule has 0 unspecified atom stereocenters. The number of fused-ring (bicyclic) bond motifs is 1. The fourth-order valence-electron chi connectivity index (χ4n) is 3.50. The number of amides is 3. The molecule has 0 fully saturated rings. The predicted octanol–water partition coefficient (Wildman–Crippen LogP) is 4.26. The van der Waals surface area contributed by atoms with Crippen molar-refractivity contribution < 1.29 is 14.3 Å². The average Bonchev–Trinajstić information content (AvgIpc) is 2.73. The first-order chi connectivity index (χ1) is 14.4. The van der Waals surface area contributed by atoms with Crippen LogP contribution in [0.25, 0.3) is 0 Å². The lowest BCUT2D eigenvalue weighted by atomic mass is 10.0. The zero-order valence-electron chi connectivity index (χ0n) is 17.4. The summed E-state index contributed by atoms with van der Waals surface area (Å²) in [6.07, 6.45) is -0.540. The molecule has 8 heteroatoms. The second kappa shape index (κ2) is 9.82. The fraction of sp³-hybridized carbons (Fsp3) is 0.364. The highest BCUT2D eigenvalue weighted by Crippen LogP contribution is 2.32. The van der Waals surface area contributed by atoms with Crippen LogP contribution in [0.4, 0.5) is 16.2 Å². The van der Waals surface area contributed by atoms with E-state index < -0.39 is 6.10 Å². The van der Waals surface area contributed by atoms with Crippen molar-refractivity contribution in [2.45, 2.75) is 32.9 Å². The zero-order chi connectivity index (χ0) is 21.7. The van der Waals surface area contributed by atoms with Crippen LogP contribution in [-0.4, -0.2) is 42.6 Å². The minimum atomic E-state index is -0.540. The highest BCUT2D eigenvalue weighted by Gasteiger charge is 2.24. The number of rotatable bonds is 7. The number of nitrogens with zero attached hydrogens (tertiary/aromatic N) is 1. The van der Waals surface area contributed by atoms with Crippen LogP contribution in [0.15, 0.2) is 42.5 Å². The summed E-state index contributed by atoms with van der Waals surface area (Å²) in [4.78, 5) is 26.6. The van der Waals surface area contributed by atoms with Crippen molar-refractivity contribution in [2.24, 2.45) is 0 Å². The molecule has 3 N–H and O–H groups in total. The van der Waals surface area contributed by atoms with Crippen LogP contribution in [0.3, 0.4) is 0 Å². The third-order valence-electron chi connectivity index (χ3n) is 5.14. The van der Waals surface area contributed by atoms with E-state index in [1.165, 1.54) is 0 Å². The Morgan fingerprint density at radius 1 is 1.23 bits per heavy atom. The molecule has 0 aromatic heterocycles. The molecule has 3 amide bonds. The summed E-state index contributed by atoms with van der Waals surface area (Å²) in [6, 6.07) is 12.4. The van der Waals surface area contributed by atoms with Gasteiger partial charge in [-0.3, -0.25) is 9.69 Å². The summed E-state index contributed by atoms with van der Waals surface area (Å²) in [5, 5.41) is 9.19. The van der Waals surface area contributed by atoms with Gasteiger partial charge >= 0.3 is 6.03 Å². The molecule has 0 bridgehead atoms. The standard InChI is InChI=1S/C22H27ClN4O3/c1-4-27(5-2)19(16-8-6-7-9-17(16)23)13-24-22(29)25-15-10-11-20-18(12-15)26-21(28)14(3)30-20/h6-12,14,19H,4-5,13H2,1-3H3,(H,26,28)(H2,24,25,29)/t14-,19-/m0/s1. The molecule has 2 aromatic rings. The number of anilines is 2. The average molecular weight is 431 g/mol. The van der Waals surface area contributed by atoms with Gasteiger partial charge in [0.15, 0.2) is 6.10 Å². The van der Waals surface area contributed by atoms with Crippen molar-refractivity contribution >= 4 is 34.9 Å². The van der Waals surface area contributed by atoms with Crippen molar-refractivity contribution in [3.05, 3.63) is 53.1 Å². The molecule has 160 valence electrons. The molecule has 7 nitrogen and oxygen atoms in total. The first-order valence-electron chi connectivity index (χ1n) is 10.1. The van der Waals surface area contributed by atoms with Gasteiger partial charge in [-0.2, -0.15) is 0 Å². The summed E-state index contributed by atoms with van der Waals surface area (Å²) in [7, 11) is 0. The maximum atomic E-state index is 12.5. The third kappa shape index (κ3) is 5.04. The van der Waals surface area contributed by atoms with Crippen LogP contribution in [0.2, 0.25) is 5.02 Å². The van der Waals surface area contributed by atoms with Crippen molar-refractivity contribution in [3.8, 4) is 5.75 Å². The maximum absolute atomic E-state index is 12.5. The minimum absolute atomic E-state index is 0.0443. The maximum Gasteiger partial charge on any atom is 0.319 e. The number of ether oxygens (including phenoxy) is 1. The lowest BCUT2D eigenvalue weighted by molar-refractivity contribution is -0.122. The Balaban J connectivity index is 1.67. The highest BCUT2D eigenvalue weighted by molar-refractivity contribution is 6.31. The molecule has 0 spiro atoms. The van der Waals surface area contributed by atoms with Crippen LogP contribution in [0, 0.1) is 0 Å². The number of benzene rings is 2. The molecule has 3 rings (SSSR count). The number of carbonyl (C=O) groups excluding carboxylic acids is 2. The number of hydrogen-bond acceptors (Lipinski definition) is 4. The quantitative estimate of drug-likeness (QED) is 0.612. The second-order valence-electron chi connectivity index (χ2n) is 7.05. The molecule has 1 aliphatic heterocycles. The Kier molecular flexibility index (Phi) is 7.18. The van der Waals surface area contributed by atoms with Gasteiger partial charge in [0.1, 0.15) is 5.75 Å². The first kappa shape index (κ1) is 21.9. The molecule has 1 heterocycles. The molecule has 0 aliphatic carbocycles. The minimum Gasteiger partial charge on any atom is -0.479 e. The van der Waals surface area contributed by atoms with Crippen LogP contribution >= 0.6 is 11.6 Å². The smallest absolute Gasteiger partial charge is 0.319 e. The number of hydrogen-bond donors (Lipinski definition) is 3. The summed E-state index contributed by atoms with van der Waals surface area (Å²) < 4.78 is 5.54. The lowest BCUT2D eigenvalue weighted by Crippen LogP contribution is -2.39. The number of halogens is 1. The van der Waals surface area contributed by atoms with E-state index in [1.807, 2.05) is 24.3 Å². The van der Waals surface area contributed by atoms with Gasteiger partial charge in [-0.25, -0.2) is 4.79 Å².